The lowest BCUT2D eigenvalue weighted by Gasteiger charge is -2.13. The number of aryl methyl sites for hydroxylation is 1. The molecule has 0 saturated heterocycles. The highest BCUT2D eigenvalue weighted by Crippen LogP contribution is 2.28. The fraction of sp³-hybridized carbons (Fsp3) is 0.235. The lowest BCUT2D eigenvalue weighted by Crippen LogP contribution is -2.12. The van der Waals surface area contributed by atoms with Crippen LogP contribution < -0.4 is 4.90 Å². The number of hydrogen-bond acceptors (Lipinski definition) is 5. The highest BCUT2D eigenvalue weighted by Gasteiger charge is 2.19. The van der Waals surface area contributed by atoms with Crippen LogP contribution >= 0.6 is 0 Å². The van der Waals surface area contributed by atoms with Crippen LogP contribution in [0.2, 0.25) is 0 Å². The Morgan fingerprint density at radius 2 is 1.96 bits per heavy atom. The lowest BCUT2D eigenvalue weighted by atomic mass is 10.1. The lowest BCUT2D eigenvalue weighted by molar-refractivity contribution is -0.384. The van der Waals surface area contributed by atoms with Crippen molar-refractivity contribution in [2.45, 2.75) is 13.5 Å². The van der Waals surface area contributed by atoms with Gasteiger partial charge in [0, 0.05) is 20.2 Å². The van der Waals surface area contributed by atoms with E-state index in [-0.39, 0.29) is 17.9 Å². The number of nitro groups is 1. The van der Waals surface area contributed by atoms with Crippen molar-refractivity contribution in [3.63, 3.8) is 0 Å². The number of ether oxygens (including phenoxy) is 1. The van der Waals surface area contributed by atoms with Crippen molar-refractivity contribution in [1.82, 2.24) is 0 Å². The molecule has 0 fully saturated rings. The molecule has 2 aromatic rings. The Labute approximate surface area is 134 Å². The van der Waals surface area contributed by atoms with E-state index in [0.717, 1.165) is 11.1 Å². The molecule has 2 aromatic carbocycles. The second kappa shape index (κ2) is 6.91. The number of anilines is 1. The van der Waals surface area contributed by atoms with Gasteiger partial charge in [-0.1, -0.05) is 29.8 Å². The predicted octanol–water partition coefficient (Wildman–Crippen LogP) is 3.33. The molecule has 0 aliphatic carbocycles. The third-order valence-corrected chi connectivity index (χ3v) is 3.34. The second-order valence-corrected chi connectivity index (χ2v) is 5.42. The van der Waals surface area contributed by atoms with Crippen LogP contribution in [0.25, 0.3) is 0 Å². The summed E-state index contributed by atoms with van der Waals surface area (Å²) >= 11 is 0. The van der Waals surface area contributed by atoms with Gasteiger partial charge in [-0.05, 0) is 24.6 Å². The molecule has 23 heavy (non-hydrogen) atoms. The van der Waals surface area contributed by atoms with Crippen molar-refractivity contribution in [2.75, 3.05) is 19.0 Å². The molecule has 0 aliphatic rings. The molecule has 0 radical (unpaired) electrons. The Balaban J connectivity index is 2.16. The Morgan fingerprint density at radius 3 is 2.57 bits per heavy atom. The summed E-state index contributed by atoms with van der Waals surface area (Å²) in [6.45, 7) is 2.08. The predicted molar refractivity (Wildman–Crippen MR) is 87.7 cm³/mol. The van der Waals surface area contributed by atoms with Crippen LogP contribution in [0.3, 0.4) is 0 Å². The van der Waals surface area contributed by atoms with Crippen molar-refractivity contribution in [3.05, 3.63) is 69.3 Å². The van der Waals surface area contributed by atoms with Crippen LogP contribution in [0.5, 0.6) is 0 Å². The van der Waals surface area contributed by atoms with Gasteiger partial charge in [0.05, 0.1) is 10.5 Å². The fourth-order valence-electron chi connectivity index (χ4n) is 2.21. The van der Waals surface area contributed by atoms with Gasteiger partial charge in [0.15, 0.2) is 0 Å². The van der Waals surface area contributed by atoms with Crippen molar-refractivity contribution in [2.24, 2.45) is 0 Å². The zero-order chi connectivity index (χ0) is 17.0. The first-order chi connectivity index (χ1) is 10.9. The Bertz CT molecular complexity index is 741. The minimum absolute atomic E-state index is 0.125. The van der Waals surface area contributed by atoms with Crippen LogP contribution in [0.1, 0.15) is 21.5 Å². The Hall–Kier alpha value is -2.89. The first kappa shape index (κ1) is 16.5. The Kier molecular flexibility index (Phi) is 4.95. The molecule has 2 rings (SSSR count). The van der Waals surface area contributed by atoms with Crippen LogP contribution in [0, 0.1) is 17.0 Å². The smallest absolute Gasteiger partial charge is 0.338 e. The molecule has 0 atom stereocenters. The maximum atomic E-state index is 12.1. The number of nitrogens with zero attached hydrogens (tertiary/aromatic N) is 2. The number of rotatable bonds is 5. The van der Waals surface area contributed by atoms with Crippen LogP contribution in [-0.2, 0) is 11.3 Å². The van der Waals surface area contributed by atoms with Crippen molar-refractivity contribution in [1.29, 1.82) is 0 Å². The largest absolute Gasteiger partial charge is 0.457 e. The standard InChI is InChI=1S/C17H18N2O4/c1-12-5-4-6-13(9-12)11-23-17(20)14-7-8-15(18(2)3)16(10-14)19(21)22/h4-10H,11H2,1-3H3. The summed E-state index contributed by atoms with van der Waals surface area (Å²) in [7, 11) is 3.41. The minimum atomic E-state index is -0.583. The highest BCUT2D eigenvalue weighted by atomic mass is 16.6. The maximum Gasteiger partial charge on any atom is 0.338 e. The van der Waals surface area contributed by atoms with E-state index < -0.39 is 10.9 Å². The second-order valence-electron chi connectivity index (χ2n) is 5.42. The van der Waals surface area contributed by atoms with Crippen molar-refractivity contribution >= 4 is 17.3 Å². The van der Waals surface area contributed by atoms with Gasteiger partial charge in [0.2, 0.25) is 0 Å². The molecule has 0 unspecified atom stereocenters. The van der Waals surface area contributed by atoms with Gasteiger partial charge in [0.25, 0.3) is 5.69 Å². The first-order valence-electron chi connectivity index (χ1n) is 7.07. The molecule has 6 nitrogen and oxygen atoms in total. The number of carbonyl (C=O) groups is 1. The molecule has 0 amide bonds. The van der Waals surface area contributed by atoms with Crippen LogP contribution in [-0.4, -0.2) is 25.0 Å². The molecule has 0 saturated carbocycles. The van der Waals surface area contributed by atoms with Gasteiger partial charge in [-0.3, -0.25) is 10.1 Å². The van der Waals surface area contributed by atoms with E-state index in [0.29, 0.717) is 5.69 Å². The zero-order valence-electron chi connectivity index (χ0n) is 13.3. The van der Waals surface area contributed by atoms with E-state index in [1.165, 1.54) is 12.1 Å². The highest BCUT2D eigenvalue weighted by molar-refractivity contribution is 5.91. The van der Waals surface area contributed by atoms with E-state index in [2.05, 4.69) is 0 Å². The third-order valence-electron chi connectivity index (χ3n) is 3.34. The van der Waals surface area contributed by atoms with Gasteiger partial charge in [0.1, 0.15) is 12.3 Å². The molecular weight excluding hydrogens is 296 g/mol. The van der Waals surface area contributed by atoms with Gasteiger partial charge < -0.3 is 9.64 Å². The fourth-order valence-corrected chi connectivity index (χ4v) is 2.21. The molecule has 0 aromatic heterocycles. The summed E-state index contributed by atoms with van der Waals surface area (Å²) in [4.78, 5) is 24.4. The average molecular weight is 314 g/mol. The van der Waals surface area contributed by atoms with E-state index in [1.807, 2.05) is 31.2 Å². The maximum absolute atomic E-state index is 12.1. The molecule has 0 N–H and O–H groups in total. The SMILES string of the molecule is Cc1cccc(COC(=O)c2ccc(N(C)C)c([N+](=O)[O-])c2)c1. The summed E-state index contributed by atoms with van der Waals surface area (Å²) in [6.07, 6.45) is 0. The molecule has 0 spiro atoms. The van der Waals surface area contributed by atoms with Crippen LogP contribution in [0.4, 0.5) is 11.4 Å². The van der Waals surface area contributed by atoms with Gasteiger partial charge in [-0.25, -0.2) is 4.79 Å². The van der Waals surface area contributed by atoms with Crippen LogP contribution in [0.15, 0.2) is 42.5 Å². The van der Waals surface area contributed by atoms with E-state index in [4.69, 9.17) is 4.74 Å². The topological polar surface area (TPSA) is 72.7 Å². The zero-order valence-corrected chi connectivity index (χ0v) is 13.3. The van der Waals surface area contributed by atoms with E-state index in [1.54, 1.807) is 25.1 Å². The third kappa shape index (κ3) is 4.06. The molecule has 0 heterocycles. The van der Waals surface area contributed by atoms with Crippen molar-refractivity contribution in [3.8, 4) is 0 Å². The molecule has 0 bridgehead atoms. The number of carbonyl (C=O) groups excluding carboxylic acids is 1. The van der Waals surface area contributed by atoms with Gasteiger partial charge in [-0.2, -0.15) is 0 Å². The normalized spacial score (nSPS) is 10.2. The summed E-state index contributed by atoms with van der Waals surface area (Å²) in [5, 5.41) is 11.1. The number of hydrogen-bond donors (Lipinski definition) is 0. The van der Waals surface area contributed by atoms with Gasteiger partial charge >= 0.3 is 5.97 Å². The summed E-state index contributed by atoms with van der Waals surface area (Å²) < 4.78 is 5.23. The number of nitro benzene ring substituents is 1. The summed E-state index contributed by atoms with van der Waals surface area (Å²) in [5.41, 5.74) is 2.42. The number of benzene rings is 2. The van der Waals surface area contributed by atoms with E-state index in [9.17, 15) is 14.9 Å². The average Bonchev–Trinajstić information content (AvgIpc) is 2.52. The van der Waals surface area contributed by atoms with E-state index >= 15 is 0 Å². The molecular formula is C17H18N2O4. The van der Waals surface area contributed by atoms with Gasteiger partial charge in [-0.15, -0.1) is 0 Å². The summed E-state index contributed by atoms with van der Waals surface area (Å²) in [5.74, 6) is -0.583. The molecule has 6 heteroatoms. The number of esters is 1. The quantitative estimate of drug-likeness (QED) is 0.481. The monoisotopic (exact) mass is 314 g/mol. The minimum Gasteiger partial charge on any atom is -0.457 e. The first-order valence-corrected chi connectivity index (χ1v) is 7.07. The summed E-state index contributed by atoms with van der Waals surface area (Å²) in [6, 6.07) is 11.9. The van der Waals surface area contributed by atoms with Crippen molar-refractivity contribution < 1.29 is 14.5 Å². The molecule has 120 valence electrons. The molecule has 0 aliphatic heterocycles. The Morgan fingerprint density at radius 1 is 1.22 bits per heavy atom.